The second kappa shape index (κ2) is 5.10. The molecule has 1 aromatic rings. The smallest absolute Gasteiger partial charge is 0.442 e. The number of carbonyl (C=O) groups excluding carboxylic acids is 1. The van der Waals surface area contributed by atoms with E-state index in [1.807, 2.05) is 55.4 Å². The van der Waals surface area contributed by atoms with Gasteiger partial charge in [-0.25, -0.2) is 4.79 Å². The number of ether oxygens (including phenoxy) is 1. The van der Waals surface area contributed by atoms with Gasteiger partial charge in [-0.2, -0.15) is 9.78 Å². The van der Waals surface area contributed by atoms with Crippen LogP contribution in [0.3, 0.4) is 0 Å². The van der Waals surface area contributed by atoms with E-state index in [1.165, 1.54) is 4.68 Å². The van der Waals surface area contributed by atoms with E-state index in [0.717, 1.165) is 5.56 Å². The molecule has 1 aliphatic heterocycles. The Hall–Kier alpha value is -1.34. The highest BCUT2D eigenvalue weighted by Gasteiger charge is 2.53. The van der Waals surface area contributed by atoms with Crippen molar-refractivity contribution in [3.63, 3.8) is 0 Å². The molecule has 22 heavy (non-hydrogen) atoms. The van der Waals surface area contributed by atoms with Crippen molar-refractivity contribution in [3.8, 4) is 0 Å². The predicted molar refractivity (Wildman–Crippen MR) is 84.3 cm³/mol. The molecule has 0 amide bonds. The number of carbonyl (C=O) groups is 1. The molecule has 2 rings (SSSR count). The third-order valence-corrected chi connectivity index (χ3v) is 4.04. The fourth-order valence-electron chi connectivity index (χ4n) is 2.13. The van der Waals surface area contributed by atoms with E-state index in [1.54, 1.807) is 6.20 Å². The highest BCUT2D eigenvalue weighted by molar-refractivity contribution is 6.62. The Balaban J connectivity index is 2.34. The third-order valence-electron chi connectivity index (χ3n) is 4.04. The van der Waals surface area contributed by atoms with E-state index >= 15 is 0 Å². The molecule has 0 saturated carbocycles. The minimum Gasteiger partial charge on any atom is -0.442 e. The molecule has 0 spiro atoms. The first-order chi connectivity index (χ1) is 9.84. The predicted octanol–water partition coefficient (Wildman–Crippen LogP) is 2.27. The summed E-state index contributed by atoms with van der Waals surface area (Å²) in [5.74, 6) is 0. The van der Waals surface area contributed by atoms with Crippen molar-refractivity contribution in [1.82, 2.24) is 9.78 Å². The Labute approximate surface area is 132 Å². The second-order valence-electron chi connectivity index (χ2n) is 7.69. The number of rotatable bonds is 1. The Morgan fingerprint density at radius 3 is 2.18 bits per heavy atom. The molecule has 0 atom stereocenters. The van der Waals surface area contributed by atoms with Gasteiger partial charge in [-0.1, -0.05) is 0 Å². The lowest BCUT2D eigenvalue weighted by Gasteiger charge is -2.32. The van der Waals surface area contributed by atoms with Gasteiger partial charge in [0.05, 0.1) is 23.0 Å². The first-order valence-corrected chi connectivity index (χ1v) is 7.47. The summed E-state index contributed by atoms with van der Waals surface area (Å²) in [6.07, 6.45) is 1.08. The summed E-state index contributed by atoms with van der Waals surface area (Å²) in [5.41, 5.74) is -0.151. The van der Waals surface area contributed by atoms with Gasteiger partial charge in [-0.3, -0.25) is 0 Å². The fraction of sp³-hybridized carbons (Fsp3) is 0.733. The van der Waals surface area contributed by atoms with Crippen LogP contribution in [0.2, 0.25) is 0 Å². The van der Waals surface area contributed by atoms with Crippen molar-refractivity contribution in [1.29, 1.82) is 0 Å². The molecule has 0 radical (unpaired) electrons. The topological polar surface area (TPSA) is 62.6 Å². The Bertz CT molecular complexity index is 571. The lowest BCUT2D eigenvalue weighted by atomic mass is 9.82. The molecular weight excluding hydrogens is 283 g/mol. The Kier molecular flexibility index (Phi) is 3.94. The monoisotopic (exact) mass is 308 g/mol. The van der Waals surface area contributed by atoms with E-state index in [9.17, 15) is 4.79 Å². The van der Waals surface area contributed by atoms with E-state index in [2.05, 4.69) is 5.10 Å². The minimum absolute atomic E-state index is 0.479. The van der Waals surface area contributed by atoms with Crippen LogP contribution in [0.25, 0.3) is 0 Å². The summed E-state index contributed by atoms with van der Waals surface area (Å²) in [6, 6.07) is 0. The van der Waals surface area contributed by atoms with Crippen molar-refractivity contribution in [2.24, 2.45) is 0 Å². The van der Waals surface area contributed by atoms with Gasteiger partial charge in [0.1, 0.15) is 5.60 Å². The van der Waals surface area contributed by atoms with E-state index in [-0.39, 0.29) is 0 Å². The molecule has 6 nitrogen and oxygen atoms in total. The number of nitrogens with zero attached hydrogens (tertiary/aromatic N) is 2. The van der Waals surface area contributed by atoms with Gasteiger partial charge in [0, 0.05) is 0 Å². The zero-order valence-corrected chi connectivity index (χ0v) is 14.7. The summed E-state index contributed by atoms with van der Waals surface area (Å²) >= 11 is 0. The van der Waals surface area contributed by atoms with Gasteiger partial charge >= 0.3 is 13.2 Å². The van der Waals surface area contributed by atoms with Crippen LogP contribution in [-0.4, -0.2) is 39.8 Å². The largest absolute Gasteiger partial charge is 0.515 e. The zero-order valence-electron chi connectivity index (χ0n) is 14.7. The van der Waals surface area contributed by atoms with Crippen LogP contribution >= 0.6 is 0 Å². The quantitative estimate of drug-likeness (QED) is 0.745. The highest BCUT2D eigenvalue weighted by atomic mass is 16.7. The van der Waals surface area contributed by atoms with Gasteiger partial charge in [-0.05, 0) is 61.0 Å². The van der Waals surface area contributed by atoms with Gasteiger partial charge in [-0.15, -0.1) is 0 Å². The molecule has 7 heteroatoms. The average Bonchev–Trinajstić information content (AvgIpc) is 2.75. The van der Waals surface area contributed by atoms with Crippen LogP contribution in [0.5, 0.6) is 0 Å². The van der Waals surface area contributed by atoms with Crippen LogP contribution < -0.4 is 5.59 Å². The van der Waals surface area contributed by atoms with Crippen molar-refractivity contribution < 1.29 is 18.8 Å². The van der Waals surface area contributed by atoms with Crippen molar-refractivity contribution in [2.45, 2.75) is 72.2 Å². The molecule has 2 heterocycles. The lowest BCUT2D eigenvalue weighted by molar-refractivity contribution is 0.00578. The standard InChI is InChI=1S/C15H25BN2O4/c1-10-9-17-18(12(19)20-13(2,3)4)11(10)16-21-14(5,6)15(7,8)22-16/h9H,1-8H3. The molecule has 0 aliphatic carbocycles. The van der Waals surface area contributed by atoms with Crippen molar-refractivity contribution in [2.75, 3.05) is 0 Å². The molecule has 0 N–H and O–H groups in total. The number of hydrogen-bond acceptors (Lipinski definition) is 5. The van der Waals surface area contributed by atoms with Crippen LogP contribution in [0.15, 0.2) is 6.20 Å². The summed E-state index contributed by atoms with van der Waals surface area (Å²) in [7, 11) is -0.653. The number of aryl methyl sites for hydroxylation is 1. The SMILES string of the molecule is Cc1cnn(C(=O)OC(C)(C)C)c1B1OC(C)(C)C(C)(C)O1. The van der Waals surface area contributed by atoms with Gasteiger partial charge in [0.25, 0.3) is 0 Å². The molecule has 0 aromatic carbocycles. The van der Waals surface area contributed by atoms with E-state index in [4.69, 9.17) is 14.0 Å². The van der Waals surface area contributed by atoms with E-state index in [0.29, 0.717) is 5.59 Å². The molecule has 0 unspecified atom stereocenters. The normalized spacial score (nSPS) is 20.3. The number of aromatic nitrogens is 2. The van der Waals surface area contributed by atoms with Crippen molar-refractivity contribution >= 4 is 18.8 Å². The van der Waals surface area contributed by atoms with Crippen molar-refractivity contribution in [3.05, 3.63) is 11.8 Å². The van der Waals surface area contributed by atoms with Crippen LogP contribution in [0, 0.1) is 6.92 Å². The van der Waals surface area contributed by atoms with Gasteiger partial charge < -0.3 is 14.0 Å². The first-order valence-electron chi connectivity index (χ1n) is 7.47. The summed E-state index contributed by atoms with van der Waals surface area (Å²) in [5, 5.41) is 4.12. The second-order valence-corrected chi connectivity index (χ2v) is 7.69. The fourth-order valence-corrected chi connectivity index (χ4v) is 2.13. The summed E-state index contributed by atoms with van der Waals surface area (Å²) in [4.78, 5) is 12.3. The molecule has 1 aromatic heterocycles. The van der Waals surface area contributed by atoms with Crippen LogP contribution in [0.4, 0.5) is 4.79 Å². The van der Waals surface area contributed by atoms with Gasteiger partial charge in [0.2, 0.25) is 0 Å². The molecule has 1 fully saturated rings. The van der Waals surface area contributed by atoms with Crippen LogP contribution in [0.1, 0.15) is 54.0 Å². The zero-order chi connectivity index (χ0) is 16.9. The Morgan fingerprint density at radius 2 is 1.73 bits per heavy atom. The molecular formula is C15H25BN2O4. The minimum atomic E-state index is -0.653. The molecule has 1 aliphatic rings. The Morgan fingerprint density at radius 1 is 1.23 bits per heavy atom. The lowest BCUT2D eigenvalue weighted by Crippen LogP contribution is -2.44. The maximum atomic E-state index is 12.3. The van der Waals surface area contributed by atoms with Gasteiger partial charge in [0.15, 0.2) is 0 Å². The van der Waals surface area contributed by atoms with Crippen LogP contribution in [-0.2, 0) is 14.0 Å². The molecule has 122 valence electrons. The first kappa shape index (κ1) is 17.0. The summed E-state index contributed by atoms with van der Waals surface area (Å²) in [6.45, 7) is 15.2. The molecule has 1 saturated heterocycles. The maximum Gasteiger partial charge on any atom is 0.515 e. The third kappa shape index (κ3) is 3.05. The number of hydrogen-bond donors (Lipinski definition) is 0. The average molecular weight is 308 g/mol. The highest BCUT2D eigenvalue weighted by Crippen LogP contribution is 2.36. The maximum absolute atomic E-state index is 12.3. The molecule has 0 bridgehead atoms. The van der Waals surface area contributed by atoms with E-state index < -0.39 is 30.0 Å². The summed E-state index contributed by atoms with van der Waals surface area (Å²) < 4.78 is 18.7.